The van der Waals surface area contributed by atoms with Gasteiger partial charge in [0.15, 0.2) is 0 Å². The molecule has 0 spiro atoms. The van der Waals surface area contributed by atoms with Gasteiger partial charge < -0.3 is 0 Å². The Kier molecular flexibility index (Phi) is 5.42. The maximum absolute atomic E-state index is 3.43. The van der Waals surface area contributed by atoms with Gasteiger partial charge in [0.2, 0.25) is 0 Å². The molecular weight excluding hydrogens is 315 g/mol. The summed E-state index contributed by atoms with van der Waals surface area (Å²) in [4.78, 5) is 0. The zero-order valence-electron chi connectivity index (χ0n) is 7.62. The molecule has 0 atom stereocenters. The molecule has 0 amide bonds. The van der Waals surface area contributed by atoms with E-state index in [1.807, 2.05) is 0 Å². The van der Waals surface area contributed by atoms with Crippen molar-refractivity contribution in [2.24, 2.45) is 0 Å². The molecule has 0 radical (unpaired) electrons. The van der Waals surface area contributed by atoms with Crippen LogP contribution < -0.4 is 0 Å². The molecule has 0 bridgehead atoms. The number of hydrogen-bond donors (Lipinski definition) is 0. The van der Waals surface area contributed by atoms with Crippen LogP contribution in [-0.2, 0) is 0 Å². The molecule has 0 nitrogen and oxygen atoms in total. The first-order chi connectivity index (χ1) is 4.56. The third kappa shape index (κ3) is 8.48. The molecule has 58 valence electrons. The minimum atomic E-state index is -1.82. The van der Waals surface area contributed by atoms with E-state index in [1.165, 1.54) is 12.8 Å². The molecule has 0 aliphatic rings. The van der Waals surface area contributed by atoms with E-state index >= 15 is 0 Å². The summed E-state index contributed by atoms with van der Waals surface area (Å²) in [5, 5.41) is 0. The summed E-state index contributed by atoms with van der Waals surface area (Å²) < 4.78 is 10.5. The summed E-state index contributed by atoms with van der Waals surface area (Å²) in [5.41, 5.74) is 0. The van der Waals surface area contributed by atoms with Crippen LogP contribution in [0.4, 0.5) is 0 Å². The van der Waals surface area contributed by atoms with Gasteiger partial charge in [0, 0.05) is 0 Å². The Morgan fingerprint density at radius 3 is 2.20 bits per heavy atom. The number of unbranched alkanes of at least 4 members (excludes halogenated alkanes) is 2. The van der Waals surface area contributed by atoms with E-state index in [-0.39, 0.29) is 0 Å². The summed E-state index contributed by atoms with van der Waals surface area (Å²) in [6.45, 7) is 2.21. The Labute approximate surface area is 70.1 Å². The van der Waals surface area contributed by atoms with Crippen molar-refractivity contribution in [3.63, 3.8) is 0 Å². The molecule has 0 saturated carbocycles. The van der Waals surface area contributed by atoms with Gasteiger partial charge in [0.25, 0.3) is 0 Å². The molecule has 0 fully saturated rings. The van der Waals surface area contributed by atoms with Crippen molar-refractivity contribution in [2.45, 2.75) is 39.6 Å². The van der Waals surface area contributed by atoms with Gasteiger partial charge in [-0.25, -0.2) is 0 Å². The van der Waals surface area contributed by atoms with Gasteiger partial charge >= 0.3 is 70.2 Å². The molecule has 0 aromatic carbocycles. The van der Waals surface area contributed by atoms with Crippen LogP contribution in [0.5, 0.6) is 0 Å². The second-order valence-electron chi connectivity index (χ2n) is 3.66. The number of rotatable bonds is 2. The van der Waals surface area contributed by atoms with Crippen molar-refractivity contribution in [1.82, 2.24) is 0 Å². The fraction of sp³-hybridized carbons (Fsp3) is 0.778. The van der Waals surface area contributed by atoms with Crippen LogP contribution >= 0.6 is 0 Å². The third-order valence-electron chi connectivity index (χ3n) is 1.12. The van der Waals surface area contributed by atoms with Crippen LogP contribution in [0.25, 0.3) is 0 Å². The van der Waals surface area contributed by atoms with E-state index in [9.17, 15) is 0 Å². The molecule has 0 aromatic rings. The van der Waals surface area contributed by atoms with Crippen molar-refractivity contribution < 1.29 is 0 Å². The zero-order valence-corrected chi connectivity index (χ0v) is 11.5. The fourth-order valence-electron chi connectivity index (χ4n) is 0.593. The Hall–Kier alpha value is 0.482. The van der Waals surface area contributed by atoms with Crippen LogP contribution in [0.15, 0.2) is 0 Å². The second kappa shape index (κ2) is 5.17. The molecule has 0 unspecified atom stereocenters. The van der Waals surface area contributed by atoms with Gasteiger partial charge in [-0.3, -0.25) is 0 Å². The van der Waals surface area contributed by atoms with Crippen LogP contribution in [0.3, 0.4) is 0 Å². The molecule has 10 heavy (non-hydrogen) atoms. The van der Waals surface area contributed by atoms with E-state index in [2.05, 4.69) is 29.8 Å². The molecular formula is C9H18Pb. The first kappa shape index (κ1) is 10.5. The SMILES string of the molecule is CCCCC#[C][Pb]([CH3])([CH3])[CH3]. The maximum atomic E-state index is 3.43. The predicted molar refractivity (Wildman–Crippen MR) is 50.6 cm³/mol. The van der Waals surface area contributed by atoms with Gasteiger partial charge in [-0.1, -0.05) is 0 Å². The summed E-state index contributed by atoms with van der Waals surface area (Å²) in [6, 6.07) is 0. The van der Waals surface area contributed by atoms with Crippen molar-refractivity contribution in [3.8, 4) is 9.40 Å². The molecule has 0 N–H and O–H groups in total. The average molecular weight is 333 g/mol. The molecule has 0 aliphatic heterocycles. The minimum absolute atomic E-state index is 1.12. The Morgan fingerprint density at radius 1 is 1.20 bits per heavy atom. The summed E-state index contributed by atoms with van der Waals surface area (Å²) >= 11 is -1.82. The van der Waals surface area contributed by atoms with Gasteiger partial charge in [0.1, 0.15) is 0 Å². The standard InChI is InChI=1S/C6H9.3CH3.Pb/c1-3-5-6-4-2;;;;/h3,5-6H2,1H3;3*1H3;. The van der Waals surface area contributed by atoms with Crippen LogP contribution in [0, 0.1) is 9.40 Å². The van der Waals surface area contributed by atoms with Crippen molar-refractivity contribution in [1.29, 1.82) is 0 Å². The van der Waals surface area contributed by atoms with Gasteiger partial charge in [-0.2, -0.15) is 0 Å². The zero-order chi connectivity index (χ0) is 8.04. The molecule has 0 rings (SSSR count). The van der Waals surface area contributed by atoms with E-state index in [1.54, 1.807) is 0 Å². The third-order valence-corrected chi connectivity index (χ3v) is 4.72. The summed E-state index contributed by atoms with van der Waals surface area (Å²) in [6.07, 6.45) is 3.67. The summed E-state index contributed by atoms with van der Waals surface area (Å²) in [7, 11) is 0. The topological polar surface area (TPSA) is 0 Å². The fourth-order valence-corrected chi connectivity index (χ4v) is 3.14. The van der Waals surface area contributed by atoms with E-state index in [4.69, 9.17) is 0 Å². The first-order valence-corrected chi connectivity index (χ1v) is 17.7. The molecule has 1 heteroatoms. The van der Waals surface area contributed by atoms with Gasteiger partial charge in [-0.05, 0) is 0 Å². The monoisotopic (exact) mass is 334 g/mol. The second-order valence-corrected chi connectivity index (χ2v) is 22.1. The normalized spacial score (nSPS) is 10.4. The Bertz CT molecular complexity index is 131. The van der Waals surface area contributed by atoms with Crippen LogP contribution in [0.1, 0.15) is 26.2 Å². The molecule has 0 aromatic heterocycles. The van der Waals surface area contributed by atoms with Crippen molar-refractivity contribution in [2.75, 3.05) is 0 Å². The van der Waals surface area contributed by atoms with E-state index in [0.29, 0.717) is 0 Å². The van der Waals surface area contributed by atoms with Crippen LogP contribution in [-0.4, -0.2) is 21.2 Å². The molecule has 0 aliphatic carbocycles. The van der Waals surface area contributed by atoms with E-state index < -0.39 is 21.2 Å². The van der Waals surface area contributed by atoms with Crippen LogP contribution in [0.2, 0.25) is 13.4 Å². The van der Waals surface area contributed by atoms with E-state index in [0.717, 1.165) is 6.42 Å². The first-order valence-electron chi connectivity index (χ1n) is 4.06. The Morgan fingerprint density at radius 2 is 1.80 bits per heavy atom. The predicted octanol–water partition coefficient (Wildman–Crippen LogP) is 3.06. The number of hydrogen-bond acceptors (Lipinski definition) is 0. The Balaban J connectivity index is 3.50. The van der Waals surface area contributed by atoms with Gasteiger partial charge in [-0.15, -0.1) is 0 Å². The van der Waals surface area contributed by atoms with Crippen molar-refractivity contribution >= 4 is 21.2 Å². The van der Waals surface area contributed by atoms with Gasteiger partial charge in [0.05, 0.1) is 0 Å². The summed E-state index contributed by atoms with van der Waals surface area (Å²) in [5.74, 6) is 3.28. The average Bonchev–Trinajstić information content (AvgIpc) is 1.78. The van der Waals surface area contributed by atoms with Crippen molar-refractivity contribution in [3.05, 3.63) is 0 Å². The molecule has 0 saturated heterocycles. The molecule has 0 heterocycles. The quantitative estimate of drug-likeness (QED) is 0.414.